The van der Waals surface area contributed by atoms with Crippen LogP contribution in [0.4, 0.5) is 0 Å². The molecule has 1 aromatic carbocycles. The molecule has 1 amide bonds. The van der Waals surface area contributed by atoms with Gasteiger partial charge in [0.1, 0.15) is 6.17 Å². The highest BCUT2D eigenvalue weighted by Gasteiger charge is 2.37. The van der Waals surface area contributed by atoms with E-state index in [2.05, 4.69) is 43.6 Å². The summed E-state index contributed by atoms with van der Waals surface area (Å²) in [5.74, 6) is 1.18. The molecule has 0 spiro atoms. The molecule has 2 unspecified atom stereocenters. The van der Waals surface area contributed by atoms with Crippen molar-refractivity contribution in [2.24, 2.45) is 0 Å². The van der Waals surface area contributed by atoms with Crippen molar-refractivity contribution in [2.75, 3.05) is 18.6 Å². The Labute approximate surface area is 119 Å². The normalized spacial score (nSPS) is 23.2. The molecule has 0 aromatic heterocycles. The third kappa shape index (κ3) is 2.95. The Kier molecular flexibility index (Phi) is 4.53. The molecular weight excluding hydrogens is 256 g/mol. The van der Waals surface area contributed by atoms with E-state index in [1.807, 2.05) is 11.8 Å². The Morgan fingerprint density at radius 1 is 1.37 bits per heavy atom. The van der Waals surface area contributed by atoms with E-state index in [0.29, 0.717) is 0 Å². The Hall–Kier alpha value is -1.00. The lowest BCUT2D eigenvalue weighted by Crippen LogP contribution is -2.33. The van der Waals surface area contributed by atoms with Crippen LogP contribution in [-0.2, 0) is 4.79 Å². The van der Waals surface area contributed by atoms with Crippen molar-refractivity contribution in [1.29, 1.82) is 0 Å². The number of nitrogens with one attached hydrogen (secondary N) is 1. The number of carbonyl (C=O) groups is 1. The number of amides is 1. The van der Waals surface area contributed by atoms with Crippen molar-refractivity contribution in [2.45, 2.75) is 33.0 Å². The molecule has 1 aliphatic heterocycles. The predicted octanol–water partition coefficient (Wildman–Crippen LogP) is 2.49. The Balaban J connectivity index is 2.30. The third-order valence-corrected chi connectivity index (χ3v) is 4.23. The molecule has 1 N–H and O–H groups in total. The van der Waals surface area contributed by atoms with Crippen LogP contribution in [0.5, 0.6) is 0 Å². The van der Waals surface area contributed by atoms with Gasteiger partial charge in [0.25, 0.3) is 0 Å². The van der Waals surface area contributed by atoms with Gasteiger partial charge in [0.15, 0.2) is 0 Å². The van der Waals surface area contributed by atoms with Crippen LogP contribution in [0.25, 0.3) is 0 Å². The number of hydrogen-bond acceptors (Lipinski definition) is 3. The second-order valence-corrected chi connectivity index (χ2v) is 6.16. The van der Waals surface area contributed by atoms with Crippen molar-refractivity contribution >= 4 is 17.7 Å². The zero-order valence-electron chi connectivity index (χ0n) is 12.1. The number of nitrogens with zero attached hydrogens (tertiary/aromatic N) is 1. The molecule has 1 saturated heterocycles. The van der Waals surface area contributed by atoms with Crippen LogP contribution in [0.2, 0.25) is 0 Å². The van der Waals surface area contributed by atoms with Gasteiger partial charge in [-0.05, 0) is 38.2 Å². The first-order valence-corrected chi connectivity index (χ1v) is 8.06. The van der Waals surface area contributed by atoms with E-state index in [-0.39, 0.29) is 18.1 Å². The largest absolute Gasteiger partial charge is 0.321 e. The molecule has 0 aliphatic carbocycles. The topological polar surface area (TPSA) is 32.3 Å². The highest BCUT2D eigenvalue weighted by molar-refractivity contribution is 7.98. The van der Waals surface area contributed by atoms with Crippen molar-refractivity contribution in [3.63, 3.8) is 0 Å². The molecule has 104 valence electrons. The van der Waals surface area contributed by atoms with Gasteiger partial charge in [0.05, 0.1) is 6.04 Å². The van der Waals surface area contributed by atoms with E-state index in [4.69, 9.17) is 0 Å². The number of benzene rings is 1. The average Bonchev–Trinajstić information content (AvgIpc) is 2.66. The molecule has 0 saturated carbocycles. The van der Waals surface area contributed by atoms with Gasteiger partial charge in [0.2, 0.25) is 5.91 Å². The van der Waals surface area contributed by atoms with Crippen LogP contribution < -0.4 is 5.32 Å². The highest BCUT2D eigenvalue weighted by Crippen LogP contribution is 2.28. The van der Waals surface area contributed by atoms with Crippen LogP contribution in [-0.4, -0.2) is 35.4 Å². The number of carbonyl (C=O) groups excluding carboxylic acids is 1. The maximum Gasteiger partial charge on any atom is 0.241 e. The van der Waals surface area contributed by atoms with Crippen molar-refractivity contribution < 1.29 is 4.79 Å². The van der Waals surface area contributed by atoms with Gasteiger partial charge in [-0.15, -0.1) is 0 Å². The van der Waals surface area contributed by atoms with Crippen LogP contribution >= 0.6 is 11.8 Å². The highest BCUT2D eigenvalue weighted by atomic mass is 32.2. The van der Waals surface area contributed by atoms with E-state index >= 15 is 0 Å². The van der Waals surface area contributed by atoms with Gasteiger partial charge in [-0.2, -0.15) is 11.8 Å². The molecule has 1 aliphatic rings. The van der Waals surface area contributed by atoms with Crippen LogP contribution in [0, 0.1) is 13.8 Å². The first-order chi connectivity index (χ1) is 9.04. The first kappa shape index (κ1) is 14.4. The van der Waals surface area contributed by atoms with Gasteiger partial charge in [0, 0.05) is 12.3 Å². The minimum absolute atomic E-state index is 0.0227. The SMILES string of the molecule is CSCCN1C(=O)C(C)NC1c1cc(C)ccc1C. The van der Waals surface area contributed by atoms with E-state index < -0.39 is 0 Å². The summed E-state index contributed by atoms with van der Waals surface area (Å²) < 4.78 is 0. The zero-order chi connectivity index (χ0) is 14.0. The molecule has 2 rings (SSSR count). The minimum atomic E-state index is -0.0910. The number of aryl methyl sites for hydroxylation is 2. The molecular formula is C15H22N2OS. The summed E-state index contributed by atoms with van der Waals surface area (Å²) in [6, 6.07) is 6.34. The Morgan fingerprint density at radius 3 is 2.79 bits per heavy atom. The summed E-state index contributed by atoms with van der Waals surface area (Å²) >= 11 is 1.77. The summed E-state index contributed by atoms with van der Waals surface area (Å²) in [6.45, 7) is 6.95. The average molecular weight is 278 g/mol. The molecule has 1 heterocycles. The Bertz CT molecular complexity index is 475. The van der Waals surface area contributed by atoms with E-state index in [9.17, 15) is 4.79 Å². The lowest BCUT2D eigenvalue weighted by molar-refractivity contribution is -0.129. The van der Waals surface area contributed by atoms with E-state index in [0.717, 1.165) is 12.3 Å². The van der Waals surface area contributed by atoms with Gasteiger partial charge in [-0.3, -0.25) is 10.1 Å². The molecule has 2 atom stereocenters. The van der Waals surface area contributed by atoms with Gasteiger partial charge < -0.3 is 4.90 Å². The number of thioether (sulfide) groups is 1. The number of hydrogen-bond donors (Lipinski definition) is 1. The van der Waals surface area contributed by atoms with Gasteiger partial charge >= 0.3 is 0 Å². The lowest BCUT2D eigenvalue weighted by Gasteiger charge is -2.26. The van der Waals surface area contributed by atoms with Crippen LogP contribution in [0.15, 0.2) is 18.2 Å². The molecule has 0 radical (unpaired) electrons. The fourth-order valence-electron chi connectivity index (χ4n) is 2.52. The molecule has 3 nitrogen and oxygen atoms in total. The smallest absolute Gasteiger partial charge is 0.241 e. The standard InChI is InChI=1S/C15H22N2OS/c1-10-5-6-11(2)13(9-10)14-16-12(3)15(18)17(14)7-8-19-4/h5-6,9,12,14,16H,7-8H2,1-4H3. The number of rotatable bonds is 4. The van der Waals surface area contributed by atoms with Gasteiger partial charge in [-0.25, -0.2) is 0 Å². The van der Waals surface area contributed by atoms with Gasteiger partial charge in [-0.1, -0.05) is 23.8 Å². The van der Waals surface area contributed by atoms with Crippen molar-refractivity contribution in [1.82, 2.24) is 10.2 Å². The third-order valence-electron chi connectivity index (χ3n) is 3.64. The van der Waals surface area contributed by atoms with E-state index in [1.165, 1.54) is 16.7 Å². The summed E-state index contributed by atoms with van der Waals surface area (Å²) in [5, 5.41) is 3.41. The Morgan fingerprint density at radius 2 is 2.11 bits per heavy atom. The molecule has 0 bridgehead atoms. The second kappa shape index (κ2) is 5.97. The summed E-state index contributed by atoms with van der Waals surface area (Å²) in [7, 11) is 0. The maximum absolute atomic E-state index is 12.2. The van der Waals surface area contributed by atoms with Crippen molar-refractivity contribution in [3.8, 4) is 0 Å². The quantitative estimate of drug-likeness (QED) is 0.918. The lowest BCUT2D eigenvalue weighted by atomic mass is 10.0. The predicted molar refractivity (Wildman–Crippen MR) is 81.3 cm³/mol. The fourth-order valence-corrected chi connectivity index (χ4v) is 2.89. The second-order valence-electron chi connectivity index (χ2n) is 5.18. The molecule has 4 heteroatoms. The maximum atomic E-state index is 12.2. The molecule has 1 aromatic rings. The van der Waals surface area contributed by atoms with E-state index in [1.54, 1.807) is 11.8 Å². The zero-order valence-corrected chi connectivity index (χ0v) is 12.9. The van der Waals surface area contributed by atoms with Crippen LogP contribution in [0.3, 0.4) is 0 Å². The summed E-state index contributed by atoms with van der Waals surface area (Å²) in [5.41, 5.74) is 3.69. The monoisotopic (exact) mass is 278 g/mol. The summed E-state index contributed by atoms with van der Waals surface area (Å²) in [6.07, 6.45) is 2.10. The van der Waals surface area contributed by atoms with Crippen LogP contribution in [0.1, 0.15) is 29.8 Å². The van der Waals surface area contributed by atoms with Crippen molar-refractivity contribution in [3.05, 3.63) is 34.9 Å². The molecule has 1 fully saturated rings. The summed E-state index contributed by atoms with van der Waals surface area (Å²) in [4.78, 5) is 14.2. The molecule has 19 heavy (non-hydrogen) atoms. The fraction of sp³-hybridized carbons (Fsp3) is 0.533. The minimum Gasteiger partial charge on any atom is -0.321 e. The first-order valence-electron chi connectivity index (χ1n) is 6.67.